The third kappa shape index (κ3) is 3.62. The van der Waals surface area contributed by atoms with E-state index in [1.807, 2.05) is 60.7 Å². The van der Waals surface area contributed by atoms with E-state index in [1.54, 1.807) is 0 Å². The van der Waals surface area contributed by atoms with Crippen LogP contribution in [0.25, 0.3) is 10.8 Å². The molecular formula is C23H23N2O3+. The fraction of sp³-hybridized carbons (Fsp3) is 0.217. The summed E-state index contributed by atoms with van der Waals surface area (Å²) < 4.78 is 5.00. The van der Waals surface area contributed by atoms with Crippen molar-refractivity contribution < 1.29 is 19.2 Å². The summed E-state index contributed by atoms with van der Waals surface area (Å²) in [5, 5.41) is 5.10. The van der Waals surface area contributed by atoms with E-state index in [2.05, 4.69) is 11.4 Å². The van der Waals surface area contributed by atoms with Crippen molar-refractivity contribution in [1.82, 2.24) is 0 Å². The number of fused-ring (bicyclic) bond motifs is 2. The highest BCUT2D eigenvalue weighted by Crippen LogP contribution is 2.22. The van der Waals surface area contributed by atoms with Gasteiger partial charge >= 0.3 is 5.97 Å². The van der Waals surface area contributed by atoms with Crippen LogP contribution < -0.4 is 10.2 Å². The van der Waals surface area contributed by atoms with E-state index in [0.717, 1.165) is 26.9 Å². The first-order chi connectivity index (χ1) is 13.7. The predicted octanol–water partition coefficient (Wildman–Crippen LogP) is 1.96. The van der Waals surface area contributed by atoms with E-state index in [0.29, 0.717) is 13.0 Å². The zero-order valence-electron chi connectivity index (χ0n) is 15.8. The average molecular weight is 375 g/mol. The lowest BCUT2D eigenvalue weighted by molar-refractivity contribution is -0.924. The Hall–Kier alpha value is -3.18. The molecule has 0 fully saturated rings. The number of benzene rings is 3. The molecule has 1 amide bonds. The molecule has 5 heteroatoms. The van der Waals surface area contributed by atoms with Crippen LogP contribution in [0.5, 0.6) is 0 Å². The monoisotopic (exact) mass is 375 g/mol. The number of methoxy groups -OCH3 is 1. The Labute approximate surface area is 163 Å². The highest BCUT2D eigenvalue weighted by atomic mass is 16.5. The molecule has 2 atom stereocenters. The minimum Gasteiger partial charge on any atom is -0.465 e. The Kier molecular flexibility index (Phi) is 5.08. The van der Waals surface area contributed by atoms with Crippen molar-refractivity contribution in [2.75, 3.05) is 19.0 Å². The van der Waals surface area contributed by atoms with Gasteiger partial charge in [0.05, 0.1) is 7.11 Å². The summed E-state index contributed by atoms with van der Waals surface area (Å²) >= 11 is 0. The molecule has 3 aromatic rings. The molecule has 0 saturated heterocycles. The Morgan fingerprint density at radius 2 is 1.71 bits per heavy atom. The van der Waals surface area contributed by atoms with Gasteiger partial charge in [-0.25, -0.2) is 4.79 Å². The number of nitrogens with one attached hydrogen (secondary N) is 2. The molecule has 3 aromatic carbocycles. The summed E-state index contributed by atoms with van der Waals surface area (Å²) in [6.45, 7) is 0.830. The molecule has 0 aromatic heterocycles. The van der Waals surface area contributed by atoms with Gasteiger partial charge in [-0.15, -0.1) is 0 Å². The molecule has 0 aliphatic carbocycles. The second-order valence-electron chi connectivity index (χ2n) is 7.14. The molecular weight excluding hydrogens is 352 g/mol. The molecule has 1 unspecified atom stereocenters. The molecule has 1 aliphatic rings. The van der Waals surface area contributed by atoms with Crippen LogP contribution in [0.1, 0.15) is 11.1 Å². The Morgan fingerprint density at radius 1 is 1.00 bits per heavy atom. The fourth-order valence-corrected chi connectivity index (χ4v) is 3.97. The maximum absolute atomic E-state index is 12.8. The molecule has 28 heavy (non-hydrogen) atoms. The van der Waals surface area contributed by atoms with E-state index >= 15 is 0 Å². The Morgan fingerprint density at radius 3 is 2.54 bits per heavy atom. The molecule has 1 aliphatic heterocycles. The number of ether oxygens (including phenoxy) is 1. The van der Waals surface area contributed by atoms with E-state index in [-0.39, 0.29) is 24.5 Å². The van der Waals surface area contributed by atoms with Crippen LogP contribution >= 0.6 is 0 Å². The second-order valence-corrected chi connectivity index (χ2v) is 7.14. The summed E-state index contributed by atoms with van der Waals surface area (Å²) in [5.41, 5.74) is 3.11. The fourth-order valence-electron chi connectivity index (χ4n) is 3.97. The number of esters is 1. The summed E-state index contributed by atoms with van der Waals surface area (Å²) in [5.74, 6) is -0.387. The van der Waals surface area contributed by atoms with E-state index < -0.39 is 0 Å². The largest absolute Gasteiger partial charge is 0.465 e. The maximum Gasteiger partial charge on any atom is 0.365 e. The second kappa shape index (κ2) is 7.82. The third-order valence-corrected chi connectivity index (χ3v) is 5.39. The number of quaternary nitrogens is 1. The highest BCUT2D eigenvalue weighted by Gasteiger charge is 2.37. The van der Waals surface area contributed by atoms with E-state index in [9.17, 15) is 9.59 Å². The number of carbonyl (C=O) groups is 2. The standard InChI is InChI=1S/C23H22N2O3/c1-28-23(27)21-13-17-8-2-3-9-18(17)14-25(21)15-22(26)24-20-12-6-10-16-7-4-5-11-19(16)20/h2-12,21H,13-15H2,1H3,(H,24,26)/p+1/t21-/m1/s1. The van der Waals surface area contributed by atoms with Crippen molar-refractivity contribution in [3.8, 4) is 0 Å². The molecule has 0 spiro atoms. The van der Waals surface area contributed by atoms with Crippen LogP contribution in [-0.4, -0.2) is 31.6 Å². The number of carbonyl (C=O) groups excluding carboxylic acids is 2. The van der Waals surface area contributed by atoms with E-state index in [1.165, 1.54) is 12.7 Å². The lowest BCUT2D eigenvalue weighted by Gasteiger charge is -2.31. The predicted molar refractivity (Wildman–Crippen MR) is 108 cm³/mol. The number of hydrogen-bond acceptors (Lipinski definition) is 3. The molecule has 0 saturated carbocycles. The minimum absolute atomic E-state index is 0.111. The summed E-state index contributed by atoms with van der Waals surface area (Å²) in [6.07, 6.45) is 0.583. The first-order valence-corrected chi connectivity index (χ1v) is 9.42. The minimum atomic E-state index is -0.377. The topological polar surface area (TPSA) is 59.8 Å². The Bertz CT molecular complexity index is 1030. The van der Waals surface area contributed by atoms with Crippen LogP contribution in [0.15, 0.2) is 66.7 Å². The quantitative estimate of drug-likeness (QED) is 0.686. The van der Waals surface area contributed by atoms with Gasteiger partial charge in [-0.1, -0.05) is 60.7 Å². The molecule has 0 radical (unpaired) electrons. The Balaban J connectivity index is 1.54. The zero-order chi connectivity index (χ0) is 19.5. The van der Waals surface area contributed by atoms with Gasteiger partial charge in [0, 0.05) is 23.1 Å². The first-order valence-electron chi connectivity index (χ1n) is 9.42. The van der Waals surface area contributed by atoms with Crippen LogP contribution in [0.3, 0.4) is 0 Å². The third-order valence-electron chi connectivity index (χ3n) is 5.39. The number of amides is 1. The smallest absolute Gasteiger partial charge is 0.365 e. The van der Waals surface area contributed by atoms with Crippen molar-refractivity contribution in [3.63, 3.8) is 0 Å². The van der Waals surface area contributed by atoms with Gasteiger partial charge < -0.3 is 15.0 Å². The van der Waals surface area contributed by atoms with Gasteiger partial charge in [0.1, 0.15) is 6.54 Å². The molecule has 2 N–H and O–H groups in total. The van der Waals surface area contributed by atoms with Crippen molar-refractivity contribution >= 4 is 28.3 Å². The molecule has 4 rings (SSSR count). The SMILES string of the molecule is COC(=O)[C@H]1Cc2ccccc2C[NH+]1CC(=O)Nc1cccc2ccccc12. The molecule has 142 valence electrons. The van der Waals surface area contributed by atoms with Gasteiger partial charge in [0.25, 0.3) is 5.91 Å². The van der Waals surface area contributed by atoms with Crippen molar-refractivity contribution in [2.24, 2.45) is 0 Å². The number of hydrogen-bond donors (Lipinski definition) is 2. The molecule has 0 bridgehead atoms. The van der Waals surface area contributed by atoms with Gasteiger partial charge in [-0.05, 0) is 17.0 Å². The van der Waals surface area contributed by atoms with Gasteiger partial charge in [-0.3, -0.25) is 4.79 Å². The summed E-state index contributed by atoms with van der Waals surface area (Å²) in [4.78, 5) is 26.0. The van der Waals surface area contributed by atoms with Crippen LogP contribution in [0.2, 0.25) is 0 Å². The summed E-state index contributed by atoms with van der Waals surface area (Å²) in [6, 6.07) is 21.5. The lowest BCUT2D eigenvalue weighted by atomic mass is 9.94. The highest BCUT2D eigenvalue weighted by molar-refractivity contribution is 6.02. The lowest BCUT2D eigenvalue weighted by Crippen LogP contribution is -3.17. The maximum atomic E-state index is 12.8. The van der Waals surface area contributed by atoms with Gasteiger partial charge in [0.2, 0.25) is 0 Å². The zero-order valence-corrected chi connectivity index (χ0v) is 15.8. The van der Waals surface area contributed by atoms with Gasteiger partial charge in [-0.2, -0.15) is 0 Å². The van der Waals surface area contributed by atoms with Crippen molar-refractivity contribution in [2.45, 2.75) is 19.0 Å². The van der Waals surface area contributed by atoms with Crippen molar-refractivity contribution in [3.05, 3.63) is 77.9 Å². The van der Waals surface area contributed by atoms with Crippen LogP contribution in [0.4, 0.5) is 5.69 Å². The van der Waals surface area contributed by atoms with E-state index in [4.69, 9.17) is 4.74 Å². The van der Waals surface area contributed by atoms with Gasteiger partial charge in [0.15, 0.2) is 12.6 Å². The average Bonchev–Trinajstić information content (AvgIpc) is 2.73. The van der Waals surface area contributed by atoms with Crippen LogP contribution in [0, 0.1) is 0 Å². The number of anilines is 1. The summed E-state index contributed by atoms with van der Waals surface area (Å²) in [7, 11) is 1.40. The van der Waals surface area contributed by atoms with Crippen molar-refractivity contribution in [1.29, 1.82) is 0 Å². The first kappa shape index (κ1) is 18.2. The van der Waals surface area contributed by atoms with Crippen LogP contribution in [-0.2, 0) is 27.3 Å². The normalized spacial score (nSPS) is 18.3. The number of rotatable bonds is 4. The molecule has 1 heterocycles. The molecule has 5 nitrogen and oxygen atoms in total.